The van der Waals surface area contributed by atoms with E-state index < -0.39 is 17.1 Å². The van der Waals surface area contributed by atoms with Crippen LogP contribution in [0.1, 0.15) is 40.2 Å². The third kappa shape index (κ3) is 2.89. The third-order valence-corrected chi connectivity index (χ3v) is 3.10. The van der Waals surface area contributed by atoms with Crippen molar-refractivity contribution in [3.8, 4) is 6.07 Å². The van der Waals surface area contributed by atoms with Crippen LogP contribution >= 0.6 is 0 Å². The van der Waals surface area contributed by atoms with Crippen LogP contribution in [0.2, 0.25) is 0 Å². The second kappa shape index (κ2) is 4.88. The lowest BCUT2D eigenvalue weighted by atomic mass is 9.87. The van der Waals surface area contributed by atoms with Gasteiger partial charge >= 0.3 is 6.09 Å². The molecule has 21 heavy (non-hydrogen) atoms. The first kappa shape index (κ1) is 15.0. The Morgan fingerprint density at radius 2 is 2.00 bits per heavy atom. The van der Waals surface area contributed by atoms with Crippen LogP contribution in [0.4, 0.5) is 4.79 Å². The van der Waals surface area contributed by atoms with Gasteiger partial charge in [-0.1, -0.05) is 0 Å². The van der Waals surface area contributed by atoms with Crippen LogP contribution in [-0.4, -0.2) is 21.2 Å². The van der Waals surface area contributed by atoms with E-state index in [-0.39, 0.29) is 0 Å². The van der Waals surface area contributed by atoms with Crippen molar-refractivity contribution < 1.29 is 9.53 Å². The standard InChI is InChI=1S/C16H19N3O2/c1-15(2,3)21-14(20)19-9-11(16(4,5)10-17)13-12(19)7-6-8-18-13/h6-9H,1-5H3. The van der Waals surface area contributed by atoms with Gasteiger partial charge in [0.05, 0.1) is 22.5 Å². The highest BCUT2D eigenvalue weighted by Crippen LogP contribution is 2.30. The number of rotatable bonds is 1. The molecular formula is C16H19N3O2. The molecule has 2 aromatic heterocycles. The van der Waals surface area contributed by atoms with Gasteiger partial charge in [-0.15, -0.1) is 0 Å². The van der Waals surface area contributed by atoms with E-state index in [1.807, 2.05) is 20.8 Å². The lowest BCUT2D eigenvalue weighted by Crippen LogP contribution is -2.26. The van der Waals surface area contributed by atoms with E-state index in [2.05, 4.69) is 11.1 Å². The molecular weight excluding hydrogens is 266 g/mol. The summed E-state index contributed by atoms with van der Waals surface area (Å²) < 4.78 is 6.82. The number of hydrogen-bond donors (Lipinski definition) is 0. The Morgan fingerprint density at radius 3 is 2.57 bits per heavy atom. The molecule has 0 aromatic carbocycles. The number of pyridine rings is 1. The van der Waals surface area contributed by atoms with E-state index in [0.29, 0.717) is 16.6 Å². The molecule has 0 bridgehead atoms. The van der Waals surface area contributed by atoms with Crippen LogP contribution in [0, 0.1) is 11.3 Å². The van der Waals surface area contributed by atoms with Gasteiger partial charge in [0.25, 0.3) is 0 Å². The van der Waals surface area contributed by atoms with Gasteiger partial charge in [-0.05, 0) is 46.8 Å². The number of carbonyl (C=O) groups is 1. The molecule has 0 atom stereocenters. The monoisotopic (exact) mass is 285 g/mol. The van der Waals surface area contributed by atoms with Crippen molar-refractivity contribution >= 4 is 17.1 Å². The summed E-state index contributed by atoms with van der Waals surface area (Å²) in [6, 6.07) is 5.80. The Morgan fingerprint density at radius 1 is 1.33 bits per heavy atom. The summed E-state index contributed by atoms with van der Waals surface area (Å²) in [4.78, 5) is 16.6. The Hall–Kier alpha value is -2.35. The summed E-state index contributed by atoms with van der Waals surface area (Å²) in [5.41, 5.74) is 0.687. The molecule has 0 fully saturated rings. The Bertz CT molecular complexity index is 730. The average molecular weight is 285 g/mol. The van der Waals surface area contributed by atoms with Gasteiger partial charge in [0.1, 0.15) is 5.60 Å². The minimum Gasteiger partial charge on any atom is -0.443 e. The first-order chi connectivity index (χ1) is 9.65. The molecule has 5 nitrogen and oxygen atoms in total. The third-order valence-electron chi connectivity index (χ3n) is 3.10. The molecule has 0 saturated carbocycles. The highest BCUT2D eigenvalue weighted by molar-refractivity contribution is 5.90. The molecule has 2 rings (SSSR count). The number of nitriles is 1. The van der Waals surface area contributed by atoms with E-state index in [1.54, 1.807) is 38.4 Å². The Labute approximate surface area is 124 Å². The number of carbonyl (C=O) groups excluding carboxylic acids is 1. The number of ether oxygens (including phenoxy) is 1. The first-order valence-corrected chi connectivity index (χ1v) is 6.77. The minimum absolute atomic E-state index is 0.472. The summed E-state index contributed by atoms with van der Waals surface area (Å²) in [6.07, 6.45) is 2.83. The fourth-order valence-corrected chi connectivity index (χ4v) is 2.04. The van der Waals surface area contributed by atoms with Gasteiger partial charge in [-0.3, -0.25) is 9.55 Å². The lowest BCUT2D eigenvalue weighted by molar-refractivity contribution is 0.0544. The molecule has 2 aromatic rings. The van der Waals surface area contributed by atoms with Crippen LogP contribution in [0.25, 0.3) is 11.0 Å². The quantitative estimate of drug-likeness (QED) is 0.802. The summed E-state index contributed by atoms with van der Waals surface area (Å²) in [7, 11) is 0. The molecule has 0 amide bonds. The lowest BCUT2D eigenvalue weighted by Gasteiger charge is -2.19. The summed E-state index contributed by atoms with van der Waals surface area (Å²) in [6.45, 7) is 9.05. The van der Waals surface area contributed by atoms with Crippen LogP contribution in [0.5, 0.6) is 0 Å². The maximum absolute atomic E-state index is 12.3. The van der Waals surface area contributed by atoms with Gasteiger partial charge in [0.2, 0.25) is 0 Å². The fraction of sp³-hybridized carbons (Fsp3) is 0.438. The zero-order chi connectivity index (χ0) is 15.8. The smallest absolute Gasteiger partial charge is 0.419 e. The highest BCUT2D eigenvalue weighted by atomic mass is 16.6. The van der Waals surface area contributed by atoms with Crippen LogP contribution < -0.4 is 0 Å². The molecule has 0 N–H and O–H groups in total. The maximum Gasteiger partial charge on any atom is 0.419 e. The van der Waals surface area contributed by atoms with Gasteiger partial charge in [0.15, 0.2) is 0 Å². The summed E-state index contributed by atoms with van der Waals surface area (Å²) in [5, 5.41) is 9.34. The van der Waals surface area contributed by atoms with Crippen molar-refractivity contribution in [1.29, 1.82) is 5.26 Å². The topological polar surface area (TPSA) is 67.9 Å². The van der Waals surface area contributed by atoms with Crippen molar-refractivity contribution in [1.82, 2.24) is 9.55 Å². The molecule has 0 aliphatic heterocycles. The average Bonchev–Trinajstić information content (AvgIpc) is 2.77. The van der Waals surface area contributed by atoms with Crippen molar-refractivity contribution in [2.24, 2.45) is 0 Å². The predicted molar refractivity (Wildman–Crippen MR) is 80.0 cm³/mol. The van der Waals surface area contributed by atoms with Crippen LogP contribution in [0.15, 0.2) is 24.5 Å². The molecule has 0 spiro atoms. The number of nitrogens with zero attached hydrogens (tertiary/aromatic N) is 3. The highest BCUT2D eigenvalue weighted by Gasteiger charge is 2.28. The molecule has 2 heterocycles. The first-order valence-electron chi connectivity index (χ1n) is 6.77. The fourth-order valence-electron chi connectivity index (χ4n) is 2.04. The van der Waals surface area contributed by atoms with Gasteiger partial charge < -0.3 is 4.74 Å². The second-order valence-corrected chi connectivity index (χ2v) is 6.50. The molecule has 0 unspecified atom stereocenters. The number of fused-ring (bicyclic) bond motifs is 1. The SMILES string of the molecule is CC(C)(C)OC(=O)n1cc(C(C)(C)C#N)c2ncccc21. The van der Waals surface area contributed by atoms with Crippen molar-refractivity contribution in [2.75, 3.05) is 0 Å². The number of hydrogen-bond acceptors (Lipinski definition) is 4. The Balaban J connectivity index is 2.62. The largest absolute Gasteiger partial charge is 0.443 e. The van der Waals surface area contributed by atoms with Crippen molar-refractivity contribution in [3.63, 3.8) is 0 Å². The normalized spacial score (nSPS) is 12.2. The van der Waals surface area contributed by atoms with E-state index in [9.17, 15) is 10.1 Å². The Kier molecular flexibility index (Phi) is 3.50. The van der Waals surface area contributed by atoms with E-state index in [4.69, 9.17) is 4.74 Å². The second-order valence-electron chi connectivity index (χ2n) is 6.50. The maximum atomic E-state index is 12.3. The predicted octanol–water partition coefficient (Wildman–Crippen LogP) is 3.62. The van der Waals surface area contributed by atoms with E-state index in [1.165, 1.54) is 4.57 Å². The van der Waals surface area contributed by atoms with Gasteiger partial charge in [-0.2, -0.15) is 5.26 Å². The van der Waals surface area contributed by atoms with Crippen molar-refractivity contribution in [3.05, 3.63) is 30.1 Å². The van der Waals surface area contributed by atoms with Gasteiger partial charge in [0, 0.05) is 18.0 Å². The molecule has 110 valence electrons. The van der Waals surface area contributed by atoms with Crippen molar-refractivity contribution in [2.45, 2.75) is 45.6 Å². The minimum atomic E-state index is -0.736. The molecule has 0 saturated heterocycles. The van der Waals surface area contributed by atoms with E-state index in [0.717, 1.165) is 0 Å². The van der Waals surface area contributed by atoms with Gasteiger partial charge in [-0.25, -0.2) is 4.79 Å². The number of aromatic nitrogens is 2. The zero-order valence-corrected chi connectivity index (χ0v) is 13.0. The van der Waals surface area contributed by atoms with Crippen LogP contribution in [-0.2, 0) is 10.2 Å². The zero-order valence-electron chi connectivity index (χ0n) is 13.0. The molecule has 5 heteroatoms. The van der Waals surface area contributed by atoms with E-state index >= 15 is 0 Å². The molecule has 0 aliphatic carbocycles. The van der Waals surface area contributed by atoms with Crippen LogP contribution in [0.3, 0.4) is 0 Å². The summed E-state index contributed by atoms with van der Waals surface area (Å²) in [5.74, 6) is 0. The molecule has 0 radical (unpaired) electrons. The summed E-state index contributed by atoms with van der Waals surface area (Å²) >= 11 is 0. The molecule has 0 aliphatic rings.